The lowest BCUT2D eigenvalue weighted by Gasteiger charge is -1.95. The Balaban J connectivity index is 1.82. The Hall–Kier alpha value is -1.18. The molecule has 0 amide bonds. The van der Waals surface area contributed by atoms with Gasteiger partial charge in [-0.05, 0) is 28.1 Å². The number of nitrogens with one attached hydrogen (secondary N) is 1. The van der Waals surface area contributed by atoms with Gasteiger partial charge in [-0.25, -0.2) is 0 Å². The van der Waals surface area contributed by atoms with Crippen LogP contribution in [0.25, 0.3) is 0 Å². The zero-order valence-electron chi connectivity index (χ0n) is 8.88. The van der Waals surface area contributed by atoms with E-state index in [0.717, 1.165) is 10.5 Å². The molecule has 1 aromatic heterocycles. The molecule has 0 fully saturated rings. The maximum absolute atomic E-state index is 12.1. The Morgan fingerprint density at radius 2 is 2.11 bits per heavy atom. The van der Waals surface area contributed by atoms with Crippen molar-refractivity contribution in [1.82, 2.24) is 10.2 Å². The molecule has 0 unspecified atom stereocenters. The van der Waals surface area contributed by atoms with Crippen LogP contribution in [-0.2, 0) is 0 Å². The first-order chi connectivity index (χ1) is 8.74. The lowest BCUT2D eigenvalue weighted by atomic mass is 10.1. The molecule has 7 heteroatoms. The molecule has 1 aliphatic heterocycles. The number of allylic oxidation sites excluding steroid dienone is 1. The van der Waals surface area contributed by atoms with E-state index < -0.39 is 0 Å². The number of thioether (sulfide) groups is 1. The molecular formula is C11H6BrN3OS2. The van der Waals surface area contributed by atoms with Crippen LogP contribution in [0.5, 0.6) is 0 Å². The first kappa shape index (κ1) is 11.9. The van der Waals surface area contributed by atoms with Gasteiger partial charge in [-0.3, -0.25) is 4.79 Å². The van der Waals surface area contributed by atoms with Crippen LogP contribution in [0.1, 0.15) is 10.4 Å². The third-order valence-corrected chi connectivity index (χ3v) is 4.69. The van der Waals surface area contributed by atoms with E-state index in [9.17, 15) is 4.79 Å². The highest BCUT2D eigenvalue weighted by Gasteiger charge is 2.25. The maximum Gasteiger partial charge on any atom is 0.210 e. The van der Waals surface area contributed by atoms with Crippen molar-refractivity contribution >= 4 is 49.9 Å². The summed E-state index contributed by atoms with van der Waals surface area (Å²) in [5.41, 5.74) is 0.758. The maximum atomic E-state index is 12.1. The summed E-state index contributed by atoms with van der Waals surface area (Å²) in [6.45, 7) is 0. The Morgan fingerprint density at radius 3 is 2.83 bits per heavy atom. The third-order valence-electron chi connectivity index (χ3n) is 2.30. The van der Waals surface area contributed by atoms with Gasteiger partial charge < -0.3 is 5.32 Å². The molecule has 2 aromatic rings. The van der Waals surface area contributed by atoms with Crippen molar-refractivity contribution < 1.29 is 4.79 Å². The van der Waals surface area contributed by atoms with Crippen LogP contribution in [0.4, 0.5) is 5.13 Å². The van der Waals surface area contributed by atoms with E-state index in [2.05, 4.69) is 31.4 Å². The molecule has 1 N–H and O–H groups in total. The average Bonchev–Trinajstić information content (AvgIpc) is 2.92. The quantitative estimate of drug-likeness (QED) is 0.848. The van der Waals surface area contributed by atoms with Gasteiger partial charge in [0.05, 0.1) is 4.91 Å². The molecule has 0 atom stereocenters. The molecule has 1 aromatic carbocycles. The van der Waals surface area contributed by atoms with Gasteiger partial charge >= 0.3 is 0 Å². The minimum atomic E-state index is 0.0479. The van der Waals surface area contributed by atoms with Crippen LogP contribution in [0, 0.1) is 0 Å². The fraction of sp³-hybridized carbons (Fsp3) is 0. The number of rotatable bonds is 2. The van der Waals surface area contributed by atoms with Gasteiger partial charge in [0.2, 0.25) is 10.9 Å². The predicted molar refractivity (Wildman–Crippen MR) is 75.9 cm³/mol. The number of nitrogens with zero attached hydrogens (tertiary/aromatic N) is 2. The van der Waals surface area contributed by atoms with Crippen molar-refractivity contribution in [2.24, 2.45) is 0 Å². The standard InChI is InChI=1S/C11H6BrN3OS2/c12-10-14-15-11(18-10)13-5-8-9(16)6-3-1-2-4-7(6)17-8/h1-5H,(H,13,15). The molecule has 90 valence electrons. The number of hydrogen-bond acceptors (Lipinski definition) is 6. The zero-order valence-corrected chi connectivity index (χ0v) is 12.1. The SMILES string of the molecule is O=C1C(=CNc2nnc(Br)s2)Sc2ccccc21. The van der Waals surface area contributed by atoms with Gasteiger partial charge in [0.25, 0.3) is 0 Å². The number of fused-ring (bicyclic) bond motifs is 1. The van der Waals surface area contributed by atoms with Crippen molar-refractivity contribution in [2.75, 3.05) is 5.32 Å². The summed E-state index contributed by atoms with van der Waals surface area (Å²) in [5, 5.41) is 11.4. The highest BCUT2D eigenvalue weighted by molar-refractivity contribution is 9.11. The normalized spacial score (nSPS) is 16.1. The summed E-state index contributed by atoms with van der Waals surface area (Å²) >= 11 is 6.07. The van der Waals surface area contributed by atoms with Crippen LogP contribution < -0.4 is 5.32 Å². The van der Waals surface area contributed by atoms with Gasteiger partial charge in [0.1, 0.15) is 0 Å². The van der Waals surface area contributed by atoms with E-state index in [1.165, 1.54) is 23.1 Å². The van der Waals surface area contributed by atoms with Crippen molar-refractivity contribution in [1.29, 1.82) is 0 Å². The van der Waals surface area contributed by atoms with Gasteiger partial charge in [-0.2, -0.15) is 0 Å². The highest BCUT2D eigenvalue weighted by Crippen LogP contribution is 2.39. The molecule has 0 bridgehead atoms. The van der Waals surface area contributed by atoms with Crippen molar-refractivity contribution in [3.63, 3.8) is 0 Å². The highest BCUT2D eigenvalue weighted by atomic mass is 79.9. The van der Waals surface area contributed by atoms with E-state index in [0.29, 0.717) is 14.0 Å². The number of carbonyl (C=O) groups excluding carboxylic acids is 1. The molecule has 3 rings (SSSR count). The summed E-state index contributed by atoms with van der Waals surface area (Å²) in [6.07, 6.45) is 1.68. The summed E-state index contributed by atoms with van der Waals surface area (Å²) in [4.78, 5) is 13.7. The molecule has 0 radical (unpaired) electrons. The Kier molecular flexibility index (Phi) is 3.19. The largest absolute Gasteiger partial charge is 0.335 e. The van der Waals surface area contributed by atoms with Gasteiger partial charge in [-0.1, -0.05) is 35.2 Å². The fourth-order valence-electron chi connectivity index (χ4n) is 1.53. The van der Waals surface area contributed by atoms with E-state index in [1.807, 2.05) is 24.3 Å². The molecule has 0 spiro atoms. The number of Topliss-reactive ketones (excluding diaryl/α,β-unsaturated/α-hetero) is 1. The zero-order chi connectivity index (χ0) is 12.5. The molecule has 0 aliphatic carbocycles. The van der Waals surface area contributed by atoms with Crippen LogP contribution in [0.3, 0.4) is 0 Å². The van der Waals surface area contributed by atoms with Crippen molar-refractivity contribution in [3.8, 4) is 0 Å². The van der Waals surface area contributed by atoms with E-state index in [4.69, 9.17) is 0 Å². The fourth-order valence-corrected chi connectivity index (χ4v) is 3.48. The van der Waals surface area contributed by atoms with E-state index in [-0.39, 0.29) is 5.78 Å². The molecule has 0 saturated heterocycles. The monoisotopic (exact) mass is 339 g/mol. The number of hydrogen-bond donors (Lipinski definition) is 1. The number of ketones is 1. The molecular weight excluding hydrogens is 334 g/mol. The predicted octanol–water partition coefficient (Wildman–Crippen LogP) is 3.54. The molecule has 18 heavy (non-hydrogen) atoms. The summed E-state index contributed by atoms with van der Waals surface area (Å²) < 4.78 is 0.706. The van der Waals surface area contributed by atoms with Gasteiger partial charge in [0, 0.05) is 16.7 Å². The molecule has 2 heterocycles. The minimum Gasteiger partial charge on any atom is -0.335 e. The van der Waals surface area contributed by atoms with Gasteiger partial charge in [-0.15, -0.1) is 10.2 Å². The molecule has 1 aliphatic rings. The second-order valence-electron chi connectivity index (χ2n) is 3.44. The first-order valence-corrected chi connectivity index (χ1v) is 7.44. The van der Waals surface area contributed by atoms with E-state index in [1.54, 1.807) is 6.20 Å². The van der Waals surface area contributed by atoms with Gasteiger partial charge in [0.15, 0.2) is 3.92 Å². The number of carbonyl (C=O) groups is 1. The average molecular weight is 340 g/mol. The van der Waals surface area contributed by atoms with Crippen LogP contribution in [-0.4, -0.2) is 16.0 Å². The number of aromatic nitrogens is 2. The van der Waals surface area contributed by atoms with Crippen molar-refractivity contribution in [3.05, 3.63) is 44.9 Å². The summed E-state index contributed by atoms with van der Waals surface area (Å²) in [6, 6.07) is 7.58. The minimum absolute atomic E-state index is 0.0479. The lowest BCUT2D eigenvalue weighted by Crippen LogP contribution is -1.97. The Labute approximate surface area is 120 Å². The van der Waals surface area contributed by atoms with Crippen LogP contribution in [0.15, 0.2) is 44.2 Å². The molecule has 4 nitrogen and oxygen atoms in total. The number of benzene rings is 1. The smallest absolute Gasteiger partial charge is 0.210 e. The lowest BCUT2D eigenvalue weighted by molar-refractivity contribution is 0.104. The third kappa shape index (κ3) is 2.21. The second kappa shape index (κ2) is 4.83. The topological polar surface area (TPSA) is 54.9 Å². The molecule has 0 saturated carbocycles. The number of anilines is 1. The summed E-state index contributed by atoms with van der Waals surface area (Å²) in [5.74, 6) is 0.0479. The van der Waals surface area contributed by atoms with Crippen LogP contribution in [0.2, 0.25) is 0 Å². The number of halogens is 1. The van der Waals surface area contributed by atoms with E-state index >= 15 is 0 Å². The Bertz CT molecular complexity index is 653. The van der Waals surface area contributed by atoms with Crippen molar-refractivity contribution in [2.45, 2.75) is 4.90 Å². The Morgan fingerprint density at radius 1 is 1.28 bits per heavy atom. The first-order valence-electron chi connectivity index (χ1n) is 5.01. The van der Waals surface area contributed by atoms with Crippen LogP contribution >= 0.6 is 39.0 Å². The second-order valence-corrected chi connectivity index (χ2v) is 6.78. The summed E-state index contributed by atoms with van der Waals surface area (Å²) in [7, 11) is 0.